The van der Waals surface area contributed by atoms with E-state index in [1.165, 1.54) is 0 Å². The minimum atomic E-state index is 0.576. The van der Waals surface area contributed by atoms with E-state index in [4.69, 9.17) is 16.3 Å². The van der Waals surface area contributed by atoms with Crippen molar-refractivity contribution in [1.82, 2.24) is 14.6 Å². The summed E-state index contributed by atoms with van der Waals surface area (Å²) in [5, 5.41) is 9.82. The number of hydrogen-bond donors (Lipinski definition) is 0. The number of halogens is 2. The summed E-state index contributed by atoms with van der Waals surface area (Å²) < 4.78 is 8.53. The van der Waals surface area contributed by atoms with Gasteiger partial charge in [-0.2, -0.15) is 0 Å². The Labute approximate surface area is 139 Å². The largest absolute Gasteiger partial charge is 0.492 e. The standard InChI is InChI=1S/C14H11BrClN3OS/c15-11-9-10(16)4-5-12(11)20-7-8-21-14-18-17-13-3-1-2-6-19(13)14/h1-6,9H,7-8H2. The highest BCUT2D eigenvalue weighted by Gasteiger charge is 2.06. The van der Waals surface area contributed by atoms with Crippen LogP contribution in [0.2, 0.25) is 5.02 Å². The maximum absolute atomic E-state index is 5.89. The van der Waals surface area contributed by atoms with E-state index in [1.807, 2.05) is 40.9 Å². The van der Waals surface area contributed by atoms with Gasteiger partial charge in [0.1, 0.15) is 5.75 Å². The molecule has 0 N–H and O–H groups in total. The first-order chi connectivity index (χ1) is 10.2. The third-order valence-corrected chi connectivity index (χ3v) is 4.51. The van der Waals surface area contributed by atoms with Gasteiger partial charge in [-0.1, -0.05) is 29.4 Å². The summed E-state index contributed by atoms with van der Waals surface area (Å²) in [6.07, 6.45) is 1.95. The molecule has 0 aliphatic rings. The molecule has 0 amide bonds. The number of hydrogen-bond acceptors (Lipinski definition) is 4. The number of aromatic nitrogens is 3. The van der Waals surface area contributed by atoms with E-state index in [9.17, 15) is 0 Å². The Morgan fingerprint density at radius 1 is 1.24 bits per heavy atom. The third-order valence-electron chi connectivity index (χ3n) is 2.75. The van der Waals surface area contributed by atoms with Crippen LogP contribution in [0.25, 0.3) is 5.65 Å². The zero-order valence-corrected chi connectivity index (χ0v) is 14.0. The number of pyridine rings is 1. The lowest BCUT2D eigenvalue weighted by Crippen LogP contribution is -2.01. The van der Waals surface area contributed by atoms with Crippen molar-refractivity contribution in [3.05, 3.63) is 52.1 Å². The molecule has 7 heteroatoms. The van der Waals surface area contributed by atoms with Crippen LogP contribution in [0, 0.1) is 0 Å². The zero-order valence-electron chi connectivity index (χ0n) is 10.9. The van der Waals surface area contributed by atoms with E-state index in [-0.39, 0.29) is 0 Å². The van der Waals surface area contributed by atoms with E-state index in [1.54, 1.807) is 17.8 Å². The van der Waals surface area contributed by atoms with Crippen molar-refractivity contribution in [3.63, 3.8) is 0 Å². The molecule has 21 heavy (non-hydrogen) atoms. The molecule has 3 rings (SSSR count). The van der Waals surface area contributed by atoms with E-state index in [0.29, 0.717) is 11.6 Å². The molecule has 0 saturated heterocycles. The molecule has 108 valence electrons. The second-order valence-corrected chi connectivity index (χ2v) is 6.54. The predicted octanol–water partition coefficient (Wildman–Crippen LogP) is 4.32. The van der Waals surface area contributed by atoms with E-state index < -0.39 is 0 Å². The molecule has 0 aliphatic carbocycles. The smallest absolute Gasteiger partial charge is 0.195 e. The van der Waals surface area contributed by atoms with Crippen molar-refractivity contribution < 1.29 is 4.74 Å². The molecule has 0 radical (unpaired) electrons. The van der Waals surface area contributed by atoms with Gasteiger partial charge >= 0.3 is 0 Å². The SMILES string of the molecule is Clc1ccc(OCCSc2nnc3ccccn23)c(Br)c1. The highest BCUT2D eigenvalue weighted by atomic mass is 79.9. The van der Waals surface area contributed by atoms with Gasteiger partial charge in [0.05, 0.1) is 11.1 Å². The van der Waals surface area contributed by atoms with E-state index in [2.05, 4.69) is 26.1 Å². The van der Waals surface area contributed by atoms with Crippen LogP contribution < -0.4 is 4.74 Å². The molecule has 0 spiro atoms. The van der Waals surface area contributed by atoms with Crippen molar-refractivity contribution >= 4 is 44.9 Å². The molecular weight excluding hydrogens is 374 g/mol. The minimum absolute atomic E-state index is 0.576. The first-order valence-corrected chi connectivity index (χ1v) is 8.40. The first-order valence-electron chi connectivity index (χ1n) is 6.24. The average molecular weight is 385 g/mol. The highest BCUT2D eigenvalue weighted by molar-refractivity contribution is 9.10. The second-order valence-electron chi connectivity index (χ2n) is 4.18. The van der Waals surface area contributed by atoms with Crippen molar-refractivity contribution in [2.75, 3.05) is 12.4 Å². The Kier molecular flexibility index (Phi) is 4.67. The molecule has 2 heterocycles. The van der Waals surface area contributed by atoms with Crippen LogP contribution in [0.15, 0.2) is 52.2 Å². The number of rotatable bonds is 5. The van der Waals surface area contributed by atoms with Crippen molar-refractivity contribution in [2.45, 2.75) is 5.16 Å². The normalized spacial score (nSPS) is 11.0. The second kappa shape index (κ2) is 6.68. The topological polar surface area (TPSA) is 39.4 Å². The monoisotopic (exact) mass is 383 g/mol. The van der Waals surface area contributed by atoms with E-state index in [0.717, 1.165) is 26.8 Å². The number of benzene rings is 1. The Morgan fingerprint density at radius 3 is 3.00 bits per heavy atom. The lowest BCUT2D eigenvalue weighted by atomic mass is 10.3. The maximum atomic E-state index is 5.89. The number of fused-ring (bicyclic) bond motifs is 1. The van der Waals surface area contributed by atoms with Gasteiger partial charge in [0.15, 0.2) is 10.8 Å². The fourth-order valence-corrected chi connectivity index (χ4v) is 3.33. The summed E-state index contributed by atoms with van der Waals surface area (Å²) in [4.78, 5) is 0. The zero-order chi connectivity index (χ0) is 14.7. The molecule has 0 bridgehead atoms. The summed E-state index contributed by atoms with van der Waals surface area (Å²) in [5.41, 5.74) is 0.848. The van der Waals surface area contributed by atoms with Crippen LogP contribution >= 0.6 is 39.3 Å². The Bertz CT molecular complexity index is 765. The van der Waals surface area contributed by atoms with Crippen LogP contribution in [0.4, 0.5) is 0 Å². The molecule has 0 aliphatic heterocycles. The lowest BCUT2D eigenvalue weighted by molar-refractivity contribution is 0.341. The van der Waals surface area contributed by atoms with Gasteiger partial charge in [-0.05, 0) is 46.3 Å². The first kappa shape index (κ1) is 14.7. The molecule has 3 aromatic rings. The number of thioether (sulfide) groups is 1. The molecule has 1 aromatic carbocycles. The van der Waals surface area contributed by atoms with Gasteiger partial charge in [-0.3, -0.25) is 4.40 Å². The van der Waals surface area contributed by atoms with Crippen LogP contribution in [0.5, 0.6) is 5.75 Å². The molecule has 0 saturated carbocycles. The number of ether oxygens (including phenoxy) is 1. The van der Waals surface area contributed by atoms with Crippen molar-refractivity contribution in [3.8, 4) is 5.75 Å². The van der Waals surface area contributed by atoms with Crippen molar-refractivity contribution in [1.29, 1.82) is 0 Å². The fraction of sp³-hybridized carbons (Fsp3) is 0.143. The van der Waals surface area contributed by atoms with Crippen LogP contribution in [0.1, 0.15) is 0 Å². The molecular formula is C14H11BrClN3OS. The molecule has 0 fully saturated rings. The van der Waals surface area contributed by atoms with Crippen LogP contribution in [-0.2, 0) is 0 Å². The summed E-state index contributed by atoms with van der Waals surface area (Å²) in [7, 11) is 0. The van der Waals surface area contributed by atoms with Gasteiger partial charge in [-0.15, -0.1) is 10.2 Å². The van der Waals surface area contributed by atoms with Crippen molar-refractivity contribution in [2.24, 2.45) is 0 Å². The minimum Gasteiger partial charge on any atom is -0.492 e. The van der Waals surface area contributed by atoms with Gasteiger partial charge in [0, 0.05) is 17.0 Å². The quantitative estimate of drug-likeness (QED) is 0.485. The van der Waals surface area contributed by atoms with Crippen LogP contribution in [0.3, 0.4) is 0 Å². The highest BCUT2D eigenvalue weighted by Crippen LogP contribution is 2.28. The van der Waals surface area contributed by atoms with Gasteiger partial charge in [0.25, 0.3) is 0 Å². The predicted molar refractivity (Wildman–Crippen MR) is 88.4 cm³/mol. The molecule has 0 unspecified atom stereocenters. The van der Waals surface area contributed by atoms with Crippen LogP contribution in [-0.4, -0.2) is 27.0 Å². The van der Waals surface area contributed by atoms with Gasteiger partial charge in [-0.25, -0.2) is 0 Å². The summed E-state index contributed by atoms with van der Waals surface area (Å²) in [6, 6.07) is 11.3. The number of nitrogens with zero attached hydrogens (tertiary/aromatic N) is 3. The molecule has 4 nitrogen and oxygen atoms in total. The summed E-state index contributed by atoms with van der Waals surface area (Å²) in [6.45, 7) is 0.576. The molecule has 2 aromatic heterocycles. The van der Waals surface area contributed by atoms with Gasteiger partial charge in [0.2, 0.25) is 0 Å². The van der Waals surface area contributed by atoms with E-state index >= 15 is 0 Å². The Balaban J connectivity index is 1.57. The Morgan fingerprint density at radius 2 is 2.14 bits per heavy atom. The summed E-state index contributed by atoms with van der Waals surface area (Å²) in [5.74, 6) is 1.57. The molecule has 0 atom stereocenters. The average Bonchev–Trinajstić information content (AvgIpc) is 2.89. The Hall–Kier alpha value is -1.24. The lowest BCUT2D eigenvalue weighted by Gasteiger charge is -2.07. The third kappa shape index (κ3) is 3.51. The fourth-order valence-electron chi connectivity index (χ4n) is 1.79. The summed E-state index contributed by atoms with van der Waals surface area (Å²) >= 11 is 10.9. The van der Waals surface area contributed by atoms with Gasteiger partial charge < -0.3 is 4.74 Å². The maximum Gasteiger partial charge on any atom is 0.195 e.